The second-order valence-corrected chi connectivity index (χ2v) is 9.77. The zero-order valence-corrected chi connectivity index (χ0v) is 21.6. The third-order valence-corrected chi connectivity index (χ3v) is 7.01. The molecule has 3 aromatic carbocycles. The summed E-state index contributed by atoms with van der Waals surface area (Å²) in [5, 5.41) is 16.5. The molecule has 0 aliphatic carbocycles. The van der Waals surface area contributed by atoms with Crippen LogP contribution in [0.1, 0.15) is 35.4 Å². The summed E-state index contributed by atoms with van der Waals surface area (Å²) in [5.74, 6) is -0.152. The van der Waals surface area contributed by atoms with Crippen LogP contribution in [0.2, 0.25) is 0 Å². The monoisotopic (exact) mass is 536 g/mol. The molecule has 2 atom stereocenters. The van der Waals surface area contributed by atoms with Crippen molar-refractivity contribution in [3.05, 3.63) is 106 Å². The topological polar surface area (TPSA) is 54.4 Å². The molecule has 2 N–H and O–H groups in total. The molecule has 2 unspecified atom stereocenters. The second-order valence-electron chi connectivity index (χ2n) is 8.85. The van der Waals surface area contributed by atoms with E-state index in [9.17, 15) is 9.50 Å². The normalized spacial score (nSPS) is 14.0. The number of aromatic nitrogens is 1. The van der Waals surface area contributed by atoms with Crippen LogP contribution in [-0.4, -0.2) is 36.4 Å². The summed E-state index contributed by atoms with van der Waals surface area (Å²) in [6.07, 6.45) is 1.61. The highest BCUT2D eigenvalue weighted by atomic mass is 79.9. The molecule has 4 nitrogen and oxygen atoms in total. The second kappa shape index (κ2) is 11.3. The van der Waals surface area contributed by atoms with Crippen LogP contribution in [0.15, 0.2) is 83.3 Å². The number of methoxy groups -OCH3 is 1. The zero-order chi connectivity index (χ0) is 24.8. The average molecular weight is 537 g/mol. The lowest BCUT2D eigenvalue weighted by Crippen LogP contribution is -2.40. The summed E-state index contributed by atoms with van der Waals surface area (Å²) in [7, 11) is 3.50. The summed E-state index contributed by atoms with van der Waals surface area (Å²) >= 11 is 3.56. The number of hydrogen-bond acceptors (Lipinski definition) is 4. The minimum atomic E-state index is -1.12. The van der Waals surface area contributed by atoms with Gasteiger partial charge in [0.1, 0.15) is 5.82 Å². The number of fused-ring (bicyclic) bond motifs is 1. The largest absolute Gasteiger partial charge is 0.481 e. The van der Waals surface area contributed by atoms with Gasteiger partial charge in [0.25, 0.3) is 0 Å². The molecule has 4 aromatic rings. The molecule has 0 saturated heterocycles. The third kappa shape index (κ3) is 5.89. The van der Waals surface area contributed by atoms with E-state index in [4.69, 9.17) is 9.72 Å². The predicted octanol–water partition coefficient (Wildman–Crippen LogP) is 6.25. The fraction of sp³-hybridized carbons (Fsp3) is 0.276. The van der Waals surface area contributed by atoms with E-state index in [2.05, 4.69) is 27.3 Å². The highest BCUT2D eigenvalue weighted by Crippen LogP contribution is 2.44. The lowest BCUT2D eigenvalue weighted by molar-refractivity contribution is 0.00693. The molecule has 0 bridgehead atoms. The Balaban J connectivity index is 1.85. The maximum absolute atomic E-state index is 13.5. The molecule has 0 aliphatic heterocycles. The number of nitrogens with one attached hydrogen (secondary N) is 1. The van der Waals surface area contributed by atoms with Crippen molar-refractivity contribution >= 4 is 26.8 Å². The number of nitrogens with zero attached hydrogens (tertiary/aromatic N) is 1. The molecule has 1 aromatic heterocycles. The van der Waals surface area contributed by atoms with Gasteiger partial charge >= 0.3 is 0 Å². The molecular formula is C29H30BrFN2O2. The summed E-state index contributed by atoms with van der Waals surface area (Å²) in [4.78, 5) is 4.79. The molecular weight excluding hydrogens is 507 g/mol. The molecule has 0 radical (unpaired) electrons. The smallest absolute Gasteiger partial charge is 0.217 e. The van der Waals surface area contributed by atoms with Gasteiger partial charge < -0.3 is 15.2 Å². The molecule has 0 aliphatic rings. The van der Waals surface area contributed by atoms with Gasteiger partial charge in [-0.05, 0) is 80.4 Å². The van der Waals surface area contributed by atoms with E-state index < -0.39 is 5.60 Å². The Kier molecular flexibility index (Phi) is 8.16. The first-order valence-electron chi connectivity index (χ1n) is 11.7. The fourth-order valence-electron chi connectivity index (χ4n) is 4.71. The first-order chi connectivity index (χ1) is 16.9. The van der Waals surface area contributed by atoms with Gasteiger partial charge in [0.15, 0.2) is 0 Å². The van der Waals surface area contributed by atoms with E-state index >= 15 is 0 Å². The molecule has 0 amide bonds. The standard InChI is InChI=1S/C29H30BrFN2O2/c1-32-17-16-29(34,15-14-20-8-11-24(31)12-9-20)27(21-6-4-3-5-7-21)25-19-22-18-23(30)10-13-26(22)33-28(25)35-2/h3-13,18-19,27,32,34H,14-17H2,1-2H3. The zero-order valence-electron chi connectivity index (χ0n) is 20.0. The number of hydrogen-bond donors (Lipinski definition) is 2. The number of ether oxygens (including phenoxy) is 1. The molecule has 35 heavy (non-hydrogen) atoms. The number of benzene rings is 3. The molecule has 0 spiro atoms. The third-order valence-electron chi connectivity index (χ3n) is 6.51. The van der Waals surface area contributed by atoms with E-state index in [1.165, 1.54) is 12.1 Å². The molecule has 4 rings (SSSR count). The molecule has 1 heterocycles. The SMILES string of the molecule is CNCCC(O)(CCc1ccc(F)cc1)C(c1ccccc1)c1cc2cc(Br)ccc2nc1OC. The van der Waals surface area contributed by atoms with E-state index in [0.29, 0.717) is 31.7 Å². The van der Waals surface area contributed by atoms with Crippen molar-refractivity contribution < 1.29 is 14.2 Å². The van der Waals surface area contributed by atoms with E-state index in [1.54, 1.807) is 19.2 Å². The number of pyridine rings is 1. The molecule has 0 fully saturated rings. The van der Waals surface area contributed by atoms with E-state index in [1.807, 2.05) is 55.6 Å². The van der Waals surface area contributed by atoms with Gasteiger partial charge in [-0.2, -0.15) is 0 Å². The van der Waals surface area contributed by atoms with E-state index in [-0.39, 0.29) is 11.7 Å². The predicted molar refractivity (Wildman–Crippen MR) is 142 cm³/mol. The molecule has 6 heteroatoms. The van der Waals surface area contributed by atoms with Gasteiger partial charge in [-0.3, -0.25) is 0 Å². The number of aliphatic hydroxyl groups is 1. The van der Waals surface area contributed by atoms with Crippen molar-refractivity contribution in [2.75, 3.05) is 20.7 Å². The number of rotatable bonds is 10. The summed E-state index contributed by atoms with van der Waals surface area (Å²) in [6.45, 7) is 0.637. The maximum atomic E-state index is 13.5. The Labute approximate surface area is 214 Å². The van der Waals surface area contributed by atoms with Gasteiger partial charge in [0.05, 0.1) is 18.2 Å². The quantitative estimate of drug-likeness (QED) is 0.251. The highest BCUT2D eigenvalue weighted by Gasteiger charge is 2.40. The first-order valence-corrected chi connectivity index (χ1v) is 12.5. The number of halogens is 2. The van der Waals surface area contributed by atoms with Crippen molar-refractivity contribution in [2.45, 2.75) is 30.8 Å². The van der Waals surface area contributed by atoms with Crippen molar-refractivity contribution in [3.8, 4) is 5.88 Å². The van der Waals surface area contributed by atoms with Crippen LogP contribution in [0.25, 0.3) is 10.9 Å². The first kappa shape index (κ1) is 25.3. The van der Waals surface area contributed by atoms with Crippen LogP contribution < -0.4 is 10.1 Å². The van der Waals surface area contributed by atoms with Crippen LogP contribution in [-0.2, 0) is 6.42 Å². The summed E-state index contributed by atoms with van der Waals surface area (Å²) in [6, 6.07) is 24.5. The summed E-state index contributed by atoms with van der Waals surface area (Å²) in [5.41, 5.74) is 2.51. The Morgan fingerprint density at radius 1 is 1.03 bits per heavy atom. The molecule has 0 saturated carbocycles. The number of aryl methyl sites for hydroxylation is 1. The van der Waals surface area contributed by atoms with Crippen molar-refractivity contribution in [2.24, 2.45) is 0 Å². The van der Waals surface area contributed by atoms with Crippen LogP contribution in [0.5, 0.6) is 5.88 Å². The Morgan fingerprint density at radius 3 is 2.46 bits per heavy atom. The lowest BCUT2D eigenvalue weighted by Gasteiger charge is -2.38. The van der Waals surface area contributed by atoms with Crippen LogP contribution in [0.3, 0.4) is 0 Å². The maximum Gasteiger partial charge on any atom is 0.217 e. The van der Waals surface area contributed by atoms with Gasteiger partial charge in [-0.1, -0.05) is 58.4 Å². The van der Waals surface area contributed by atoms with Crippen molar-refractivity contribution in [1.82, 2.24) is 10.3 Å². The van der Waals surface area contributed by atoms with Crippen LogP contribution in [0.4, 0.5) is 4.39 Å². The average Bonchev–Trinajstić information content (AvgIpc) is 2.87. The minimum Gasteiger partial charge on any atom is -0.481 e. The van der Waals surface area contributed by atoms with Crippen LogP contribution >= 0.6 is 15.9 Å². The fourth-order valence-corrected chi connectivity index (χ4v) is 5.09. The van der Waals surface area contributed by atoms with Crippen LogP contribution in [0, 0.1) is 5.82 Å². The van der Waals surface area contributed by atoms with Gasteiger partial charge in [-0.15, -0.1) is 0 Å². The Bertz CT molecular complexity index is 1270. The summed E-state index contributed by atoms with van der Waals surface area (Å²) < 4.78 is 20.2. The van der Waals surface area contributed by atoms with E-state index in [0.717, 1.165) is 32.1 Å². The minimum absolute atomic E-state index is 0.264. The van der Waals surface area contributed by atoms with Crippen molar-refractivity contribution in [3.63, 3.8) is 0 Å². The Hall–Kier alpha value is -2.80. The molecule has 182 valence electrons. The Morgan fingerprint density at radius 2 is 1.77 bits per heavy atom. The lowest BCUT2D eigenvalue weighted by atomic mass is 9.72. The highest BCUT2D eigenvalue weighted by molar-refractivity contribution is 9.10. The van der Waals surface area contributed by atoms with Gasteiger partial charge in [0, 0.05) is 21.3 Å². The van der Waals surface area contributed by atoms with Gasteiger partial charge in [0.2, 0.25) is 5.88 Å². The van der Waals surface area contributed by atoms with Gasteiger partial charge in [-0.25, -0.2) is 9.37 Å². The van der Waals surface area contributed by atoms with Crippen molar-refractivity contribution in [1.29, 1.82) is 0 Å².